The lowest BCUT2D eigenvalue weighted by molar-refractivity contribution is 1.05. The van der Waals surface area contributed by atoms with Gasteiger partial charge in [0.25, 0.3) is 0 Å². The molecule has 0 N–H and O–H groups in total. The highest BCUT2D eigenvalue weighted by atomic mass is 15.1. The summed E-state index contributed by atoms with van der Waals surface area (Å²) in [5, 5.41) is 10.1. The Morgan fingerprint density at radius 2 is 0.839 bits per heavy atom. The van der Waals surface area contributed by atoms with E-state index < -0.39 is 0 Å². The van der Waals surface area contributed by atoms with Crippen LogP contribution >= 0.6 is 0 Å². The summed E-state index contributed by atoms with van der Waals surface area (Å²) in [6, 6.07) is 69.3. The Labute approximate surface area is 322 Å². The molecule has 0 amide bonds. The van der Waals surface area contributed by atoms with Gasteiger partial charge in [0.05, 0.1) is 27.8 Å². The summed E-state index contributed by atoms with van der Waals surface area (Å²) >= 11 is 0. The molecular formula is C52H32N4. The summed E-state index contributed by atoms with van der Waals surface area (Å²) in [6.07, 6.45) is 0. The van der Waals surface area contributed by atoms with Gasteiger partial charge in [-0.2, -0.15) is 0 Å². The third kappa shape index (κ3) is 4.47. The summed E-state index contributed by atoms with van der Waals surface area (Å²) < 4.78 is 4.81. The molecule has 4 nitrogen and oxygen atoms in total. The van der Waals surface area contributed by atoms with Crippen LogP contribution in [0.15, 0.2) is 194 Å². The number of para-hydroxylation sites is 2. The molecule has 12 aromatic rings. The summed E-state index contributed by atoms with van der Waals surface area (Å²) in [5.74, 6) is 1.51. The standard InChI is InChI=1S/C52H32N4/c1-4-15-33(16-5-1)34-27-29-35(30-28-34)42-31-47(54-52(53-42)36-17-6-2-7-18-36)56-43-25-13-12-23-41(43)49-45(56)32-46-51-48-39(38-21-10-11-22-40(38)50(49)51)24-14-26-44(48)55(46)37-19-8-3-9-20-37/h1-32H. The molecule has 0 aliphatic carbocycles. The summed E-state index contributed by atoms with van der Waals surface area (Å²) in [5.41, 5.74) is 11.0. The minimum absolute atomic E-state index is 0.687. The molecule has 260 valence electrons. The average molecular weight is 713 g/mol. The summed E-state index contributed by atoms with van der Waals surface area (Å²) in [4.78, 5) is 10.6. The Hall–Kier alpha value is -7.56. The van der Waals surface area contributed by atoms with Crippen molar-refractivity contribution in [2.75, 3.05) is 0 Å². The maximum absolute atomic E-state index is 5.40. The van der Waals surface area contributed by atoms with Gasteiger partial charge in [0.1, 0.15) is 5.82 Å². The van der Waals surface area contributed by atoms with Crippen molar-refractivity contribution < 1.29 is 0 Å². The first-order valence-corrected chi connectivity index (χ1v) is 19.1. The van der Waals surface area contributed by atoms with Crippen molar-refractivity contribution in [3.63, 3.8) is 0 Å². The lowest BCUT2D eigenvalue weighted by Crippen LogP contribution is -2.02. The summed E-state index contributed by atoms with van der Waals surface area (Å²) in [6.45, 7) is 0. The van der Waals surface area contributed by atoms with E-state index in [-0.39, 0.29) is 0 Å². The molecule has 0 saturated heterocycles. The molecule has 9 aromatic carbocycles. The molecule has 0 aliphatic rings. The van der Waals surface area contributed by atoms with E-state index in [9.17, 15) is 0 Å². The molecule has 0 atom stereocenters. The Kier molecular flexibility index (Phi) is 6.60. The van der Waals surface area contributed by atoms with E-state index in [2.05, 4.69) is 197 Å². The molecule has 4 heteroatoms. The van der Waals surface area contributed by atoms with Crippen LogP contribution in [0.2, 0.25) is 0 Å². The highest BCUT2D eigenvalue weighted by Gasteiger charge is 2.25. The van der Waals surface area contributed by atoms with Gasteiger partial charge in [-0.3, -0.25) is 4.57 Å². The number of rotatable bonds is 5. The fourth-order valence-corrected chi connectivity index (χ4v) is 9.07. The second-order valence-corrected chi connectivity index (χ2v) is 14.6. The van der Waals surface area contributed by atoms with Gasteiger partial charge in [0.2, 0.25) is 0 Å². The molecule has 3 heterocycles. The molecule has 0 bridgehead atoms. The topological polar surface area (TPSA) is 35.6 Å². The SMILES string of the molecule is c1ccc(-c2ccc(-c3cc(-n4c5ccccc5c5c6c7ccccc7c7cccc8c7c6c(cc54)n8-c4ccccc4)nc(-c4ccccc4)n3)cc2)cc1. The Morgan fingerprint density at radius 1 is 0.304 bits per heavy atom. The molecule has 12 rings (SSSR count). The third-order valence-corrected chi connectivity index (χ3v) is 11.5. The van der Waals surface area contributed by atoms with Gasteiger partial charge >= 0.3 is 0 Å². The highest BCUT2D eigenvalue weighted by Crippen LogP contribution is 2.49. The minimum atomic E-state index is 0.687. The number of hydrogen-bond donors (Lipinski definition) is 0. The number of fused-ring (bicyclic) bond motifs is 7. The van der Waals surface area contributed by atoms with Gasteiger partial charge in [-0.05, 0) is 57.6 Å². The van der Waals surface area contributed by atoms with Crippen LogP contribution in [0.25, 0.3) is 110 Å². The second-order valence-electron chi connectivity index (χ2n) is 14.6. The van der Waals surface area contributed by atoms with Crippen molar-refractivity contribution in [3.8, 4) is 45.3 Å². The van der Waals surface area contributed by atoms with Gasteiger partial charge in [-0.25, -0.2) is 9.97 Å². The van der Waals surface area contributed by atoms with Crippen molar-refractivity contribution in [1.29, 1.82) is 0 Å². The van der Waals surface area contributed by atoms with Gasteiger partial charge < -0.3 is 4.57 Å². The summed E-state index contributed by atoms with van der Waals surface area (Å²) in [7, 11) is 0. The highest BCUT2D eigenvalue weighted by molar-refractivity contribution is 6.41. The van der Waals surface area contributed by atoms with Crippen LogP contribution in [0.3, 0.4) is 0 Å². The predicted molar refractivity (Wildman–Crippen MR) is 233 cm³/mol. The Morgan fingerprint density at radius 3 is 1.61 bits per heavy atom. The van der Waals surface area contributed by atoms with Crippen molar-refractivity contribution in [2.45, 2.75) is 0 Å². The first-order valence-electron chi connectivity index (χ1n) is 19.1. The van der Waals surface area contributed by atoms with Gasteiger partial charge in [0.15, 0.2) is 5.82 Å². The first-order chi connectivity index (χ1) is 27.8. The van der Waals surface area contributed by atoms with Crippen LogP contribution in [0.4, 0.5) is 0 Å². The average Bonchev–Trinajstić information content (AvgIpc) is 3.79. The van der Waals surface area contributed by atoms with E-state index in [1.54, 1.807) is 0 Å². The maximum Gasteiger partial charge on any atom is 0.162 e. The van der Waals surface area contributed by atoms with Crippen LogP contribution in [0, 0.1) is 0 Å². The molecule has 0 fully saturated rings. The van der Waals surface area contributed by atoms with Gasteiger partial charge in [0, 0.05) is 49.8 Å². The second kappa shape index (κ2) is 12.0. The molecule has 0 aliphatic heterocycles. The van der Waals surface area contributed by atoms with Crippen molar-refractivity contribution >= 4 is 65.2 Å². The van der Waals surface area contributed by atoms with Crippen molar-refractivity contribution in [2.24, 2.45) is 0 Å². The normalized spacial score (nSPS) is 11.9. The zero-order chi connectivity index (χ0) is 36.7. The number of nitrogens with zero attached hydrogens (tertiary/aromatic N) is 4. The largest absolute Gasteiger partial charge is 0.309 e. The molecule has 0 spiro atoms. The predicted octanol–water partition coefficient (Wildman–Crippen LogP) is 13.4. The van der Waals surface area contributed by atoms with E-state index in [1.807, 2.05) is 6.07 Å². The number of hydrogen-bond acceptors (Lipinski definition) is 2. The van der Waals surface area contributed by atoms with Crippen molar-refractivity contribution in [3.05, 3.63) is 194 Å². The van der Waals surface area contributed by atoms with Crippen molar-refractivity contribution in [1.82, 2.24) is 19.1 Å². The van der Waals surface area contributed by atoms with Crippen LogP contribution < -0.4 is 0 Å². The lowest BCUT2D eigenvalue weighted by atomic mass is 9.92. The Balaban J connectivity index is 1.22. The molecule has 0 radical (unpaired) electrons. The van der Waals surface area contributed by atoms with E-state index in [4.69, 9.17) is 9.97 Å². The molecular weight excluding hydrogens is 681 g/mol. The monoisotopic (exact) mass is 712 g/mol. The van der Waals surface area contributed by atoms with Crippen LogP contribution in [-0.2, 0) is 0 Å². The maximum atomic E-state index is 5.40. The van der Waals surface area contributed by atoms with E-state index >= 15 is 0 Å². The molecule has 0 saturated carbocycles. The zero-order valence-corrected chi connectivity index (χ0v) is 30.3. The lowest BCUT2D eigenvalue weighted by Gasteiger charge is -2.14. The molecule has 3 aromatic heterocycles. The quantitative estimate of drug-likeness (QED) is 0.167. The fraction of sp³-hybridized carbons (Fsp3) is 0. The van der Waals surface area contributed by atoms with Crippen LogP contribution in [0.1, 0.15) is 0 Å². The third-order valence-electron chi connectivity index (χ3n) is 11.5. The fourth-order valence-electron chi connectivity index (χ4n) is 9.07. The van der Waals surface area contributed by atoms with E-state index in [1.165, 1.54) is 65.3 Å². The van der Waals surface area contributed by atoms with Crippen LogP contribution in [-0.4, -0.2) is 19.1 Å². The number of benzene rings is 9. The minimum Gasteiger partial charge on any atom is -0.309 e. The van der Waals surface area contributed by atoms with Gasteiger partial charge in [-0.1, -0.05) is 158 Å². The van der Waals surface area contributed by atoms with E-state index in [0.717, 1.165) is 39.4 Å². The smallest absolute Gasteiger partial charge is 0.162 e. The molecule has 0 unspecified atom stereocenters. The van der Waals surface area contributed by atoms with Gasteiger partial charge in [-0.15, -0.1) is 0 Å². The zero-order valence-electron chi connectivity index (χ0n) is 30.3. The number of aromatic nitrogens is 4. The Bertz CT molecular complexity index is 3430. The first kappa shape index (κ1) is 30.9. The van der Waals surface area contributed by atoms with Crippen LogP contribution in [0.5, 0.6) is 0 Å². The van der Waals surface area contributed by atoms with E-state index in [0.29, 0.717) is 5.82 Å². The molecule has 56 heavy (non-hydrogen) atoms.